The predicted octanol–water partition coefficient (Wildman–Crippen LogP) is 2.33. The van der Waals surface area contributed by atoms with E-state index < -0.39 is 12.6 Å². The van der Waals surface area contributed by atoms with Crippen LogP contribution in [-0.2, 0) is 9.47 Å². The Kier molecular flexibility index (Phi) is 13.0. The van der Waals surface area contributed by atoms with Crippen LogP contribution in [0.2, 0.25) is 0 Å². The Morgan fingerprint density at radius 3 is 2.45 bits per heavy atom. The van der Waals surface area contributed by atoms with Crippen LogP contribution in [-0.4, -0.2) is 58.7 Å². The molecule has 0 rings (SSSR count). The summed E-state index contributed by atoms with van der Waals surface area (Å²) in [5, 5.41) is 6.09. The summed E-state index contributed by atoms with van der Waals surface area (Å²) in [6.07, 6.45) is -3.43. The molecule has 0 aromatic heterocycles. The molecule has 0 bridgehead atoms. The van der Waals surface area contributed by atoms with Crippen LogP contribution in [0.1, 0.15) is 32.6 Å². The van der Waals surface area contributed by atoms with E-state index in [9.17, 15) is 13.2 Å². The standard InChI is InChI=1S/C14H28F3N3O2/c1-3-18-13(19-8-5-4-7-14(15,16)17)20-9-6-10-22-12-11-21-2/h3-12H2,1-2H3,(H2,18,19,20). The Bertz CT molecular complexity index is 287. The maximum Gasteiger partial charge on any atom is 0.389 e. The van der Waals surface area contributed by atoms with Crippen LogP contribution < -0.4 is 10.6 Å². The summed E-state index contributed by atoms with van der Waals surface area (Å²) in [6, 6.07) is 0. The highest BCUT2D eigenvalue weighted by atomic mass is 19.4. The fourth-order valence-electron chi connectivity index (χ4n) is 1.60. The maximum atomic E-state index is 12.0. The Morgan fingerprint density at radius 1 is 1.05 bits per heavy atom. The van der Waals surface area contributed by atoms with Gasteiger partial charge >= 0.3 is 6.18 Å². The van der Waals surface area contributed by atoms with Crippen LogP contribution in [0.5, 0.6) is 0 Å². The molecule has 0 aromatic rings. The average Bonchev–Trinajstić information content (AvgIpc) is 2.44. The number of halogens is 3. The molecule has 22 heavy (non-hydrogen) atoms. The van der Waals surface area contributed by atoms with Crippen molar-refractivity contribution in [1.29, 1.82) is 0 Å². The number of unbranched alkanes of at least 4 members (excludes halogenated alkanes) is 1. The van der Waals surface area contributed by atoms with Gasteiger partial charge in [0.15, 0.2) is 5.96 Å². The van der Waals surface area contributed by atoms with Crippen molar-refractivity contribution in [3.63, 3.8) is 0 Å². The maximum absolute atomic E-state index is 12.0. The molecule has 0 heterocycles. The second-order valence-corrected chi connectivity index (χ2v) is 4.72. The number of methoxy groups -OCH3 is 1. The monoisotopic (exact) mass is 327 g/mol. The van der Waals surface area contributed by atoms with Gasteiger partial charge in [0.2, 0.25) is 0 Å². The minimum Gasteiger partial charge on any atom is -0.382 e. The zero-order valence-electron chi connectivity index (χ0n) is 13.5. The Morgan fingerprint density at radius 2 is 1.82 bits per heavy atom. The fourth-order valence-corrected chi connectivity index (χ4v) is 1.60. The van der Waals surface area contributed by atoms with Crippen molar-refractivity contribution in [2.24, 2.45) is 4.99 Å². The average molecular weight is 327 g/mol. The van der Waals surface area contributed by atoms with Gasteiger partial charge in [-0.15, -0.1) is 0 Å². The van der Waals surface area contributed by atoms with Gasteiger partial charge in [-0.3, -0.25) is 4.99 Å². The smallest absolute Gasteiger partial charge is 0.382 e. The number of rotatable bonds is 12. The molecule has 0 amide bonds. The molecule has 0 spiro atoms. The third kappa shape index (κ3) is 15.4. The molecular formula is C14H28F3N3O2. The molecule has 0 unspecified atom stereocenters. The van der Waals surface area contributed by atoms with Crippen LogP contribution in [0.25, 0.3) is 0 Å². The van der Waals surface area contributed by atoms with Gasteiger partial charge < -0.3 is 20.1 Å². The molecule has 0 saturated carbocycles. The summed E-state index contributed by atoms with van der Waals surface area (Å²) >= 11 is 0. The van der Waals surface area contributed by atoms with E-state index in [2.05, 4.69) is 15.6 Å². The molecule has 0 fully saturated rings. The molecular weight excluding hydrogens is 299 g/mol. The lowest BCUT2D eigenvalue weighted by atomic mass is 10.2. The highest BCUT2D eigenvalue weighted by Crippen LogP contribution is 2.21. The number of ether oxygens (including phenoxy) is 2. The number of hydrogen-bond acceptors (Lipinski definition) is 3. The van der Waals surface area contributed by atoms with Crippen molar-refractivity contribution in [3.05, 3.63) is 0 Å². The van der Waals surface area contributed by atoms with Crippen molar-refractivity contribution < 1.29 is 22.6 Å². The van der Waals surface area contributed by atoms with E-state index in [1.54, 1.807) is 7.11 Å². The molecule has 0 aliphatic heterocycles. The normalized spacial score (nSPS) is 12.5. The minimum atomic E-state index is -4.07. The van der Waals surface area contributed by atoms with Gasteiger partial charge in [-0.1, -0.05) is 0 Å². The summed E-state index contributed by atoms with van der Waals surface area (Å²) in [7, 11) is 1.62. The lowest BCUT2D eigenvalue weighted by Gasteiger charge is -2.11. The lowest BCUT2D eigenvalue weighted by Crippen LogP contribution is -2.38. The van der Waals surface area contributed by atoms with Crippen molar-refractivity contribution >= 4 is 5.96 Å². The van der Waals surface area contributed by atoms with Crippen molar-refractivity contribution in [2.45, 2.75) is 38.8 Å². The van der Waals surface area contributed by atoms with Gasteiger partial charge in [-0.05, 0) is 26.2 Å². The second kappa shape index (κ2) is 13.6. The largest absolute Gasteiger partial charge is 0.389 e. The van der Waals surface area contributed by atoms with Gasteiger partial charge in [0.05, 0.1) is 13.2 Å². The SMILES string of the molecule is CCNC(=NCCCOCCOC)NCCCCC(F)(F)F. The number of alkyl halides is 3. The molecule has 0 saturated heterocycles. The van der Waals surface area contributed by atoms with Crippen LogP contribution in [0.4, 0.5) is 13.2 Å². The second-order valence-electron chi connectivity index (χ2n) is 4.72. The highest BCUT2D eigenvalue weighted by Gasteiger charge is 2.25. The van der Waals surface area contributed by atoms with E-state index in [0.717, 1.165) is 6.42 Å². The number of guanidine groups is 1. The number of nitrogens with one attached hydrogen (secondary N) is 2. The third-order valence-electron chi connectivity index (χ3n) is 2.67. The van der Waals surface area contributed by atoms with E-state index in [1.807, 2.05) is 6.92 Å². The molecule has 2 N–H and O–H groups in total. The van der Waals surface area contributed by atoms with E-state index in [4.69, 9.17) is 9.47 Å². The zero-order valence-corrected chi connectivity index (χ0v) is 13.5. The molecule has 5 nitrogen and oxygen atoms in total. The van der Waals surface area contributed by atoms with Gasteiger partial charge in [0.25, 0.3) is 0 Å². The molecule has 0 aromatic carbocycles. The first kappa shape index (κ1) is 21.0. The molecule has 0 radical (unpaired) electrons. The summed E-state index contributed by atoms with van der Waals surface area (Å²) in [6.45, 7) is 5.48. The minimum absolute atomic E-state index is 0.128. The molecule has 8 heteroatoms. The van der Waals surface area contributed by atoms with E-state index >= 15 is 0 Å². The summed E-state index contributed by atoms with van der Waals surface area (Å²) in [5.74, 6) is 0.631. The van der Waals surface area contributed by atoms with Crippen molar-refractivity contribution in [2.75, 3.05) is 46.6 Å². The number of hydrogen-bond donors (Lipinski definition) is 2. The van der Waals surface area contributed by atoms with Gasteiger partial charge in [0, 0.05) is 39.8 Å². The van der Waals surface area contributed by atoms with Gasteiger partial charge in [0.1, 0.15) is 0 Å². The Balaban J connectivity index is 3.72. The van der Waals surface area contributed by atoms with E-state index in [0.29, 0.717) is 51.8 Å². The van der Waals surface area contributed by atoms with E-state index in [-0.39, 0.29) is 6.42 Å². The zero-order chi connectivity index (χ0) is 16.7. The highest BCUT2D eigenvalue weighted by molar-refractivity contribution is 5.79. The quantitative estimate of drug-likeness (QED) is 0.328. The number of aliphatic imine (C=N–C) groups is 1. The fraction of sp³-hybridized carbons (Fsp3) is 0.929. The van der Waals surface area contributed by atoms with Crippen molar-refractivity contribution in [3.8, 4) is 0 Å². The first-order valence-corrected chi connectivity index (χ1v) is 7.65. The molecule has 0 aliphatic rings. The predicted molar refractivity (Wildman–Crippen MR) is 81.2 cm³/mol. The molecule has 0 aliphatic carbocycles. The lowest BCUT2D eigenvalue weighted by molar-refractivity contribution is -0.135. The molecule has 0 atom stereocenters. The third-order valence-corrected chi connectivity index (χ3v) is 2.67. The Hall–Kier alpha value is -1.02. The van der Waals surface area contributed by atoms with Crippen LogP contribution >= 0.6 is 0 Å². The van der Waals surface area contributed by atoms with Crippen LogP contribution in [0, 0.1) is 0 Å². The first-order chi connectivity index (χ1) is 10.5. The van der Waals surface area contributed by atoms with E-state index in [1.165, 1.54) is 0 Å². The summed E-state index contributed by atoms with van der Waals surface area (Å²) in [4.78, 5) is 4.34. The van der Waals surface area contributed by atoms with Gasteiger partial charge in [-0.2, -0.15) is 13.2 Å². The molecule has 132 valence electrons. The van der Waals surface area contributed by atoms with Crippen LogP contribution in [0.3, 0.4) is 0 Å². The van der Waals surface area contributed by atoms with Gasteiger partial charge in [-0.25, -0.2) is 0 Å². The van der Waals surface area contributed by atoms with Crippen molar-refractivity contribution in [1.82, 2.24) is 10.6 Å². The Labute approximate surface area is 130 Å². The summed E-state index contributed by atoms with van der Waals surface area (Å²) in [5.41, 5.74) is 0. The topological polar surface area (TPSA) is 54.9 Å². The summed E-state index contributed by atoms with van der Waals surface area (Å²) < 4.78 is 46.2. The van der Waals surface area contributed by atoms with Crippen LogP contribution in [0.15, 0.2) is 4.99 Å². The first-order valence-electron chi connectivity index (χ1n) is 7.65. The number of nitrogens with zero attached hydrogens (tertiary/aromatic N) is 1.